The monoisotopic (exact) mass is 211 g/mol. The van der Waals surface area contributed by atoms with Gasteiger partial charge in [-0.15, -0.1) is 0 Å². The average molecular weight is 211 g/mol. The summed E-state index contributed by atoms with van der Waals surface area (Å²) < 4.78 is 0. The molecule has 0 aromatic heterocycles. The van der Waals surface area contributed by atoms with Gasteiger partial charge in [-0.1, -0.05) is 39.2 Å². The molecule has 0 saturated heterocycles. The van der Waals surface area contributed by atoms with E-state index < -0.39 is 0 Å². The van der Waals surface area contributed by atoms with E-state index in [1.54, 1.807) is 4.90 Å². The fourth-order valence-electron chi connectivity index (χ4n) is 1.43. The lowest BCUT2D eigenvalue weighted by Crippen LogP contribution is -2.23. The second-order valence-corrected chi connectivity index (χ2v) is 4.17. The van der Waals surface area contributed by atoms with Crippen LogP contribution in [0.5, 0.6) is 0 Å². The molecule has 0 fully saturated rings. The van der Waals surface area contributed by atoms with Gasteiger partial charge in [-0.2, -0.15) is 0 Å². The normalized spacial score (nSPS) is 11.6. The Hall–Kier alpha value is -0.790. The minimum absolute atomic E-state index is 0.180. The van der Waals surface area contributed by atoms with E-state index in [0.717, 1.165) is 31.3 Å². The van der Waals surface area contributed by atoms with Crippen molar-refractivity contribution in [2.45, 2.75) is 52.4 Å². The summed E-state index contributed by atoms with van der Waals surface area (Å²) >= 11 is 0. The van der Waals surface area contributed by atoms with Crippen molar-refractivity contribution in [2.24, 2.45) is 0 Å². The van der Waals surface area contributed by atoms with Crippen molar-refractivity contribution in [3.05, 3.63) is 11.6 Å². The fourth-order valence-corrected chi connectivity index (χ4v) is 1.43. The molecule has 1 amide bonds. The van der Waals surface area contributed by atoms with Crippen LogP contribution in [0.1, 0.15) is 52.4 Å². The molecule has 0 radical (unpaired) electrons. The maximum atomic E-state index is 11.8. The largest absolute Gasteiger partial charge is 0.345 e. The Labute approximate surface area is 94.4 Å². The highest BCUT2D eigenvalue weighted by Crippen LogP contribution is 2.12. The van der Waals surface area contributed by atoms with Gasteiger partial charge in [0.15, 0.2) is 0 Å². The topological polar surface area (TPSA) is 20.3 Å². The Morgan fingerprint density at radius 3 is 2.20 bits per heavy atom. The number of likely N-dealkylation sites (N-methyl/N-ethyl adjacent to an activating group) is 1. The molecule has 0 atom stereocenters. The van der Waals surface area contributed by atoms with E-state index in [1.165, 1.54) is 12.8 Å². The molecule has 0 N–H and O–H groups in total. The standard InChI is InChI=1S/C13H25NO/c1-5-7-9-11-12(10-8-6-2)13(15)14(3)4/h11H,5-10H2,1-4H3/b12-11+. The highest BCUT2D eigenvalue weighted by Gasteiger charge is 2.10. The molecule has 2 nitrogen and oxygen atoms in total. The summed E-state index contributed by atoms with van der Waals surface area (Å²) in [5, 5.41) is 0. The van der Waals surface area contributed by atoms with Gasteiger partial charge < -0.3 is 4.90 Å². The number of carbonyl (C=O) groups is 1. The first-order valence-corrected chi connectivity index (χ1v) is 6.04. The first-order valence-electron chi connectivity index (χ1n) is 6.04. The van der Waals surface area contributed by atoms with Crippen molar-refractivity contribution in [3.63, 3.8) is 0 Å². The van der Waals surface area contributed by atoms with Gasteiger partial charge in [0.2, 0.25) is 5.91 Å². The zero-order chi connectivity index (χ0) is 11.7. The van der Waals surface area contributed by atoms with Crippen LogP contribution in [-0.2, 0) is 4.79 Å². The van der Waals surface area contributed by atoms with E-state index in [9.17, 15) is 4.79 Å². The van der Waals surface area contributed by atoms with Crippen molar-refractivity contribution in [1.82, 2.24) is 4.90 Å². The second-order valence-electron chi connectivity index (χ2n) is 4.17. The Bertz CT molecular complexity index is 207. The first-order chi connectivity index (χ1) is 7.13. The minimum atomic E-state index is 0.180. The average Bonchev–Trinajstić information content (AvgIpc) is 2.22. The molecule has 0 aromatic carbocycles. The molecule has 0 unspecified atom stereocenters. The van der Waals surface area contributed by atoms with Gasteiger partial charge in [-0.25, -0.2) is 0 Å². The third-order valence-electron chi connectivity index (χ3n) is 2.43. The van der Waals surface area contributed by atoms with E-state index in [-0.39, 0.29) is 5.91 Å². The van der Waals surface area contributed by atoms with Crippen molar-refractivity contribution in [1.29, 1.82) is 0 Å². The Kier molecular flexibility index (Phi) is 8.06. The molecule has 0 rings (SSSR count). The SMILES string of the molecule is CCCC/C=C(\CCCC)C(=O)N(C)C. The number of hydrogen-bond donors (Lipinski definition) is 0. The maximum Gasteiger partial charge on any atom is 0.248 e. The predicted molar refractivity (Wildman–Crippen MR) is 65.8 cm³/mol. The zero-order valence-corrected chi connectivity index (χ0v) is 10.7. The van der Waals surface area contributed by atoms with E-state index in [0.29, 0.717) is 0 Å². The summed E-state index contributed by atoms with van der Waals surface area (Å²) in [7, 11) is 3.64. The number of amides is 1. The van der Waals surface area contributed by atoms with Crippen LogP contribution >= 0.6 is 0 Å². The van der Waals surface area contributed by atoms with Crippen molar-refractivity contribution < 1.29 is 4.79 Å². The Balaban J connectivity index is 4.28. The molecular formula is C13H25NO. The lowest BCUT2D eigenvalue weighted by Gasteiger charge is -2.13. The number of nitrogens with zero attached hydrogens (tertiary/aromatic N) is 1. The van der Waals surface area contributed by atoms with Gasteiger partial charge in [0.1, 0.15) is 0 Å². The third kappa shape index (κ3) is 6.32. The third-order valence-corrected chi connectivity index (χ3v) is 2.43. The van der Waals surface area contributed by atoms with Crippen LogP contribution in [0.4, 0.5) is 0 Å². The van der Waals surface area contributed by atoms with Crippen LogP contribution in [0.25, 0.3) is 0 Å². The number of unbranched alkanes of at least 4 members (excludes halogenated alkanes) is 3. The summed E-state index contributed by atoms with van der Waals surface area (Å²) in [6, 6.07) is 0. The van der Waals surface area contributed by atoms with Gasteiger partial charge in [0.05, 0.1) is 0 Å². The molecule has 0 spiro atoms. The molecule has 2 heteroatoms. The molecule has 88 valence electrons. The van der Waals surface area contributed by atoms with Gasteiger partial charge in [0.25, 0.3) is 0 Å². The molecular weight excluding hydrogens is 186 g/mol. The molecule has 0 heterocycles. The van der Waals surface area contributed by atoms with Crippen LogP contribution in [0.15, 0.2) is 11.6 Å². The molecule has 0 aliphatic rings. The Morgan fingerprint density at radius 1 is 1.13 bits per heavy atom. The fraction of sp³-hybridized carbons (Fsp3) is 0.769. The zero-order valence-electron chi connectivity index (χ0n) is 10.7. The smallest absolute Gasteiger partial charge is 0.248 e. The van der Waals surface area contributed by atoms with Crippen molar-refractivity contribution in [3.8, 4) is 0 Å². The molecule has 15 heavy (non-hydrogen) atoms. The molecule has 0 aliphatic carbocycles. The van der Waals surface area contributed by atoms with Crippen LogP contribution in [0, 0.1) is 0 Å². The summed E-state index contributed by atoms with van der Waals surface area (Å²) in [4.78, 5) is 13.5. The summed E-state index contributed by atoms with van der Waals surface area (Å²) in [6.07, 6.45) is 8.71. The van der Waals surface area contributed by atoms with Crippen molar-refractivity contribution >= 4 is 5.91 Å². The molecule has 0 aliphatic heterocycles. The van der Waals surface area contributed by atoms with Gasteiger partial charge in [-0.05, 0) is 19.3 Å². The lowest BCUT2D eigenvalue weighted by atomic mass is 10.1. The van der Waals surface area contributed by atoms with Crippen molar-refractivity contribution in [2.75, 3.05) is 14.1 Å². The van der Waals surface area contributed by atoms with Gasteiger partial charge in [-0.3, -0.25) is 4.79 Å². The highest BCUT2D eigenvalue weighted by molar-refractivity contribution is 5.92. The summed E-state index contributed by atoms with van der Waals surface area (Å²) in [5.74, 6) is 0.180. The molecule has 0 aromatic rings. The van der Waals surface area contributed by atoms with Crippen LogP contribution < -0.4 is 0 Å². The van der Waals surface area contributed by atoms with Crippen LogP contribution in [0.2, 0.25) is 0 Å². The van der Waals surface area contributed by atoms with Crippen LogP contribution in [0.3, 0.4) is 0 Å². The Morgan fingerprint density at radius 2 is 1.73 bits per heavy atom. The number of rotatable bonds is 7. The quantitative estimate of drug-likeness (QED) is 0.467. The first kappa shape index (κ1) is 14.2. The number of carbonyl (C=O) groups excluding carboxylic acids is 1. The molecule has 0 saturated carbocycles. The van der Waals surface area contributed by atoms with Gasteiger partial charge in [0, 0.05) is 19.7 Å². The van der Waals surface area contributed by atoms with E-state index >= 15 is 0 Å². The number of hydrogen-bond acceptors (Lipinski definition) is 1. The number of allylic oxidation sites excluding steroid dienone is 1. The van der Waals surface area contributed by atoms with E-state index in [2.05, 4.69) is 19.9 Å². The lowest BCUT2D eigenvalue weighted by molar-refractivity contribution is -0.124. The highest BCUT2D eigenvalue weighted by atomic mass is 16.2. The summed E-state index contributed by atoms with van der Waals surface area (Å²) in [5.41, 5.74) is 0.996. The van der Waals surface area contributed by atoms with E-state index in [4.69, 9.17) is 0 Å². The van der Waals surface area contributed by atoms with Gasteiger partial charge >= 0.3 is 0 Å². The predicted octanol–water partition coefficient (Wildman–Crippen LogP) is 3.38. The van der Waals surface area contributed by atoms with Crippen LogP contribution in [-0.4, -0.2) is 24.9 Å². The minimum Gasteiger partial charge on any atom is -0.345 e. The van der Waals surface area contributed by atoms with E-state index in [1.807, 2.05) is 14.1 Å². The second kappa shape index (κ2) is 8.51. The summed E-state index contributed by atoms with van der Waals surface area (Å²) in [6.45, 7) is 4.33. The molecule has 0 bridgehead atoms. The maximum absolute atomic E-state index is 11.8.